The molecule has 4 amide bonds. The molecular weight excluding hydrogens is 618 g/mol. The van der Waals surface area contributed by atoms with Crippen LogP contribution in [-0.4, -0.2) is 108 Å². The van der Waals surface area contributed by atoms with Crippen LogP contribution in [0.15, 0.2) is 36.4 Å². The number of carbonyl (C=O) groups is 4. The fourth-order valence-corrected chi connectivity index (χ4v) is 7.89. The summed E-state index contributed by atoms with van der Waals surface area (Å²) in [5.74, 6) is 1.10. The third-order valence-electron chi connectivity index (χ3n) is 10.5. The van der Waals surface area contributed by atoms with Crippen LogP contribution in [0.25, 0.3) is 0 Å². The number of likely N-dealkylation sites (tertiary alicyclic amines) is 3. The smallest absolute Gasteiger partial charge is 0.414 e. The molecule has 0 aromatic heterocycles. The van der Waals surface area contributed by atoms with Crippen molar-refractivity contribution >= 4 is 41.1 Å². The molecule has 3 fully saturated rings. The average Bonchev–Trinajstić information content (AvgIpc) is 3.63. The number of carbonyl (C=O) groups excluding carboxylic acids is 4. The summed E-state index contributed by atoms with van der Waals surface area (Å²) in [5.41, 5.74) is 4.62. The minimum atomic E-state index is -0.379. The molecule has 4 aliphatic heterocycles. The normalized spacial score (nSPS) is 21.4. The van der Waals surface area contributed by atoms with Crippen molar-refractivity contribution in [2.75, 3.05) is 63.8 Å². The first-order valence-corrected chi connectivity index (χ1v) is 17.3. The zero-order valence-corrected chi connectivity index (χ0v) is 28.5. The minimum Gasteiger partial charge on any atom is -0.446 e. The van der Waals surface area contributed by atoms with Crippen molar-refractivity contribution in [3.05, 3.63) is 63.7 Å². The van der Waals surface area contributed by atoms with Crippen LogP contribution in [0.5, 0.6) is 0 Å². The number of amides is 4. The molecule has 0 radical (unpaired) electrons. The van der Waals surface area contributed by atoms with Gasteiger partial charge < -0.3 is 24.3 Å². The molecule has 0 N–H and O–H groups in total. The third-order valence-corrected chi connectivity index (χ3v) is 10.9. The fraction of sp³-hybridized carbons (Fsp3) is 0.556. The van der Waals surface area contributed by atoms with E-state index in [9.17, 15) is 19.2 Å². The molecule has 252 valence electrons. The molecule has 4 aliphatic rings. The summed E-state index contributed by atoms with van der Waals surface area (Å²) in [7, 11) is 0. The number of benzene rings is 2. The number of fused-ring (bicyclic) bond motifs is 2. The van der Waals surface area contributed by atoms with E-state index in [-0.39, 0.29) is 29.9 Å². The topological polar surface area (TPSA) is 93.7 Å². The van der Waals surface area contributed by atoms with Crippen molar-refractivity contribution in [1.29, 1.82) is 0 Å². The Morgan fingerprint density at radius 3 is 2.26 bits per heavy atom. The highest BCUT2D eigenvalue weighted by Gasteiger charge is 2.42. The number of ether oxygens (including phenoxy) is 1. The molecule has 0 aliphatic carbocycles. The predicted octanol–water partition coefficient (Wildman–Crippen LogP) is 4.60. The molecule has 4 heterocycles. The van der Waals surface area contributed by atoms with Gasteiger partial charge in [0, 0.05) is 102 Å². The maximum absolute atomic E-state index is 13.7. The Bertz CT molecular complexity index is 1510. The molecule has 0 spiro atoms. The first-order valence-electron chi connectivity index (χ1n) is 16.9. The van der Waals surface area contributed by atoms with Crippen LogP contribution < -0.4 is 4.90 Å². The summed E-state index contributed by atoms with van der Waals surface area (Å²) in [5, 5.41) is 0.607. The largest absolute Gasteiger partial charge is 0.446 e. The SMILES string of the molecule is CC(=O)N1CCC(OC(=O)N(CCCN2CC3CN(C(=O)c4cccc5c4CCN(C(C)=O)C5)CC3C2)c2ccc(C)c(Cl)c2)CC1. The molecule has 10 nitrogen and oxygen atoms in total. The molecule has 0 saturated carbocycles. The molecule has 2 aromatic rings. The molecule has 11 heteroatoms. The molecule has 2 atom stereocenters. The van der Waals surface area contributed by atoms with Crippen LogP contribution in [-0.2, 0) is 27.3 Å². The van der Waals surface area contributed by atoms with Gasteiger partial charge in [0.1, 0.15) is 6.10 Å². The van der Waals surface area contributed by atoms with E-state index >= 15 is 0 Å². The van der Waals surface area contributed by atoms with Gasteiger partial charge >= 0.3 is 6.09 Å². The zero-order valence-electron chi connectivity index (χ0n) is 27.8. The van der Waals surface area contributed by atoms with Gasteiger partial charge in [0.2, 0.25) is 11.8 Å². The standard InChI is InChI=1S/C36H46ClN5O5/c1-24-8-9-30(18-34(24)37)42(36(46)47-31-10-15-39(16-11-31)25(2)43)14-5-13-38-19-28-22-41(23-29(28)20-38)35(45)33-7-4-6-27-21-40(26(3)44)17-12-32(27)33/h4,6-9,18,28-29,31H,5,10-17,19-23H2,1-3H3. The van der Waals surface area contributed by atoms with Gasteiger partial charge in [-0.05, 0) is 73.0 Å². The summed E-state index contributed by atoms with van der Waals surface area (Å²) in [4.78, 5) is 60.6. The van der Waals surface area contributed by atoms with Crippen LogP contribution in [0.3, 0.4) is 0 Å². The quantitative estimate of drug-likeness (QED) is 0.430. The van der Waals surface area contributed by atoms with Crippen LogP contribution in [0.2, 0.25) is 5.02 Å². The van der Waals surface area contributed by atoms with Gasteiger partial charge in [-0.3, -0.25) is 19.3 Å². The van der Waals surface area contributed by atoms with Crippen LogP contribution >= 0.6 is 11.6 Å². The molecular formula is C36H46ClN5O5. The van der Waals surface area contributed by atoms with Gasteiger partial charge in [-0.25, -0.2) is 4.79 Å². The number of nitrogens with zero attached hydrogens (tertiary/aromatic N) is 5. The molecule has 2 unspecified atom stereocenters. The summed E-state index contributed by atoms with van der Waals surface area (Å²) < 4.78 is 5.95. The van der Waals surface area contributed by atoms with E-state index in [0.29, 0.717) is 68.8 Å². The number of rotatable bonds is 7. The van der Waals surface area contributed by atoms with Crippen molar-refractivity contribution < 1.29 is 23.9 Å². The highest BCUT2D eigenvalue weighted by molar-refractivity contribution is 6.31. The first-order chi connectivity index (χ1) is 22.6. The van der Waals surface area contributed by atoms with Gasteiger partial charge in [0.25, 0.3) is 5.91 Å². The lowest BCUT2D eigenvalue weighted by Gasteiger charge is -2.32. The maximum Gasteiger partial charge on any atom is 0.414 e. The molecule has 2 aromatic carbocycles. The monoisotopic (exact) mass is 663 g/mol. The highest BCUT2D eigenvalue weighted by Crippen LogP contribution is 2.33. The van der Waals surface area contributed by atoms with Gasteiger partial charge in [-0.1, -0.05) is 29.8 Å². The number of anilines is 1. The Kier molecular flexibility index (Phi) is 10.1. The number of halogens is 1. The third kappa shape index (κ3) is 7.44. The van der Waals surface area contributed by atoms with Gasteiger partial charge in [0.05, 0.1) is 0 Å². The van der Waals surface area contributed by atoms with E-state index in [1.165, 1.54) is 0 Å². The van der Waals surface area contributed by atoms with E-state index in [4.69, 9.17) is 16.3 Å². The molecule has 3 saturated heterocycles. The highest BCUT2D eigenvalue weighted by atomic mass is 35.5. The van der Waals surface area contributed by atoms with E-state index < -0.39 is 0 Å². The van der Waals surface area contributed by atoms with Gasteiger partial charge in [-0.2, -0.15) is 0 Å². The summed E-state index contributed by atoms with van der Waals surface area (Å²) in [6, 6.07) is 11.6. The second-order valence-electron chi connectivity index (χ2n) is 13.7. The Morgan fingerprint density at radius 2 is 1.60 bits per heavy atom. The Balaban J connectivity index is 1.02. The predicted molar refractivity (Wildman–Crippen MR) is 180 cm³/mol. The van der Waals surface area contributed by atoms with Crippen molar-refractivity contribution in [2.45, 2.75) is 59.1 Å². The van der Waals surface area contributed by atoms with Crippen LogP contribution in [0.1, 0.15) is 60.2 Å². The van der Waals surface area contributed by atoms with Crippen LogP contribution in [0, 0.1) is 18.8 Å². The van der Waals surface area contributed by atoms with E-state index in [0.717, 1.165) is 67.1 Å². The van der Waals surface area contributed by atoms with Crippen molar-refractivity contribution in [1.82, 2.24) is 19.6 Å². The second-order valence-corrected chi connectivity index (χ2v) is 14.1. The van der Waals surface area contributed by atoms with Gasteiger partial charge in [0.15, 0.2) is 0 Å². The average molecular weight is 664 g/mol. The molecule has 0 bridgehead atoms. The number of hydrogen-bond acceptors (Lipinski definition) is 6. The van der Waals surface area contributed by atoms with E-state index in [1.807, 2.05) is 53.1 Å². The van der Waals surface area contributed by atoms with Gasteiger partial charge in [-0.15, -0.1) is 0 Å². The number of aryl methyl sites for hydroxylation is 1. The van der Waals surface area contributed by atoms with Crippen molar-refractivity contribution in [2.24, 2.45) is 11.8 Å². The fourth-order valence-electron chi connectivity index (χ4n) is 7.71. The Labute approximate surface area is 282 Å². The number of hydrogen-bond donors (Lipinski definition) is 0. The van der Waals surface area contributed by atoms with E-state index in [2.05, 4.69) is 4.90 Å². The summed E-state index contributed by atoms with van der Waals surface area (Å²) in [6.07, 6.45) is 2.16. The lowest BCUT2D eigenvalue weighted by Crippen LogP contribution is -2.43. The molecule has 47 heavy (non-hydrogen) atoms. The van der Waals surface area contributed by atoms with Crippen molar-refractivity contribution in [3.8, 4) is 0 Å². The number of piperidine rings is 1. The lowest BCUT2D eigenvalue weighted by atomic mass is 9.93. The van der Waals surface area contributed by atoms with E-state index in [1.54, 1.807) is 23.6 Å². The first kappa shape index (κ1) is 33.3. The zero-order chi connectivity index (χ0) is 33.2. The van der Waals surface area contributed by atoms with Crippen molar-refractivity contribution in [3.63, 3.8) is 0 Å². The second kappa shape index (κ2) is 14.2. The maximum atomic E-state index is 13.7. The lowest BCUT2D eigenvalue weighted by molar-refractivity contribution is -0.131. The Morgan fingerprint density at radius 1 is 0.894 bits per heavy atom. The minimum absolute atomic E-state index is 0.0500. The summed E-state index contributed by atoms with van der Waals surface area (Å²) >= 11 is 6.45. The summed E-state index contributed by atoms with van der Waals surface area (Å²) in [6.45, 7) is 12.2. The Hall–Kier alpha value is -3.63. The molecule has 6 rings (SSSR count). The van der Waals surface area contributed by atoms with Crippen LogP contribution in [0.4, 0.5) is 10.5 Å².